The maximum Gasteiger partial charge on any atom is 0.260 e. The first-order valence-electron chi connectivity index (χ1n) is 8.81. The normalized spacial score (nSPS) is 11.3. The molecule has 6 heteroatoms. The molecule has 0 spiro atoms. The van der Waals surface area contributed by atoms with Crippen LogP contribution in [0.5, 0.6) is 0 Å². The molecule has 0 bridgehead atoms. The van der Waals surface area contributed by atoms with Crippen molar-refractivity contribution in [1.29, 1.82) is 0 Å². The van der Waals surface area contributed by atoms with Gasteiger partial charge in [-0.2, -0.15) is 4.57 Å². The van der Waals surface area contributed by atoms with Gasteiger partial charge < -0.3 is 4.98 Å². The van der Waals surface area contributed by atoms with E-state index >= 15 is 0 Å². The molecule has 2 aromatic carbocycles. The molecule has 0 aliphatic heterocycles. The summed E-state index contributed by atoms with van der Waals surface area (Å²) in [5, 5.41) is 4.73. The number of nitrogens with one attached hydrogen (secondary N) is 1. The third kappa shape index (κ3) is 2.97. The number of rotatable bonds is 3. The molecule has 0 saturated carbocycles. The summed E-state index contributed by atoms with van der Waals surface area (Å²) in [5.74, 6) is 0.301. The number of H-pyrrole nitrogens is 1. The first kappa shape index (κ1) is 16.8. The van der Waals surface area contributed by atoms with Gasteiger partial charge in [-0.15, -0.1) is 11.3 Å². The van der Waals surface area contributed by atoms with Crippen LogP contribution in [0.4, 0.5) is 4.39 Å². The molecule has 0 aliphatic carbocycles. The van der Waals surface area contributed by atoms with Crippen molar-refractivity contribution in [3.63, 3.8) is 0 Å². The Labute approximate surface area is 163 Å². The average molecular weight is 388 g/mol. The molecule has 0 amide bonds. The summed E-state index contributed by atoms with van der Waals surface area (Å²) in [6.07, 6.45) is 4.02. The van der Waals surface area contributed by atoms with Gasteiger partial charge in [-0.1, -0.05) is 30.3 Å². The van der Waals surface area contributed by atoms with Crippen LogP contribution < -0.4 is 10.1 Å². The Morgan fingerprint density at radius 1 is 1.04 bits per heavy atom. The Kier molecular flexibility index (Phi) is 3.98. The summed E-state index contributed by atoms with van der Waals surface area (Å²) in [4.78, 5) is 21.0. The van der Waals surface area contributed by atoms with Crippen molar-refractivity contribution in [3.8, 4) is 11.1 Å². The van der Waals surface area contributed by atoms with Gasteiger partial charge in [0.15, 0.2) is 18.2 Å². The second kappa shape index (κ2) is 6.65. The van der Waals surface area contributed by atoms with E-state index in [1.807, 2.05) is 40.5 Å². The van der Waals surface area contributed by atoms with Gasteiger partial charge in [0.05, 0.1) is 5.39 Å². The molecule has 0 fully saturated rings. The SMILES string of the molecule is O=c1[nH]c(C[n+]2ccc3ccccc3c2)nc2scc(-c3ccc(F)cc3)c12. The number of aromatic amines is 1. The lowest BCUT2D eigenvalue weighted by Gasteiger charge is -2.02. The molecule has 0 unspecified atom stereocenters. The molecule has 0 radical (unpaired) electrons. The zero-order valence-electron chi connectivity index (χ0n) is 14.7. The third-order valence-corrected chi connectivity index (χ3v) is 5.60. The number of pyridine rings is 1. The molecule has 28 heavy (non-hydrogen) atoms. The molecule has 4 nitrogen and oxygen atoms in total. The van der Waals surface area contributed by atoms with E-state index in [0.29, 0.717) is 22.6 Å². The van der Waals surface area contributed by atoms with Crippen LogP contribution in [-0.4, -0.2) is 9.97 Å². The predicted molar refractivity (Wildman–Crippen MR) is 109 cm³/mol. The number of hydrogen-bond donors (Lipinski definition) is 1. The molecule has 1 N–H and O–H groups in total. The number of aromatic nitrogens is 3. The Morgan fingerprint density at radius 2 is 1.82 bits per heavy atom. The van der Waals surface area contributed by atoms with E-state index in [2.05, 4.69) is 22.1 Å². The molecule has 136 valence electrons. The molecule has 0 atom stereocenters. The second-order valence-corrected chi connectivity index (χ2v) is 7.45. The fraction of sp³-hybridized carbons (Fsp3) is 0.0455. The summed E-state index contributed by atoms with van der Waals surface area (Å²) in [5.41, 5.74) is 1.40. The molecule has 0 aliphatic rings. The molecule has 3 heterocycles. The molecule has 3 aromatic heterocycles. The van der Waals surface area contributed by atoms with E-state index in [-0.39, 0.29) is 11.4 Å². The van der Waals surface area contributed by atoms with Crippen LogP contribution in [0.3, 0.4) is 0 Å². The molecule has 5 rings (SSSR count). The fourth-order valence-electron chi connectivity index (χ4n) is 3.36. The van der Waals surface area contributed by atoms with Crippen molar-refractivity contribution in [2.24, 2.45) is 0 Å². The minimum Gasteiger partial charge on any atom is -0.305 e. The van der Waals surface area contributed by atoms with Crippen LogP contribution in [0.15, 0.2) is 77.2 Å². The topological polar surface area (TPSA) is 49.6 Å². The van der Waals surface area contributed by atoms with Gasteiger partial charge in [0.1, 0.15) is 10.6 Å². The number of nitrogens with zero attached hydrogens (tertiary/aromatic N) is 2. The maximum absolute atomic E-state index is 13.2. The largest absolute Gasteiger partial charge is 0.305 e. The van der Waals surface area contributed by atoms with E-state index in [4.69, 9.17) is 0 Å². The fourth-order valence-corrected chi connectivity index (χ4v) is 4.33. The van der Waals surface area contributed by atoms with Crippen LogP contribution in [0.25, 0.3) is 32.1 Å². The van der Waals surface area contributed by atoms with Gasteiger partial charge in [0.2, 0.25) is 6.54 Å². The smallest absolute Gasteiger partial charge is 0.260 e. The van der Waals surface area contributed by atoms with E-state index in [9.17, 15) is 9.18 Å². The van der Waals surface area contributed by atoms with E-state index in [1.54, 1.807) is 12.1 Å². The lowest BCUT2D eigenvalue weighted by Crippen LogP contribution is -2.35. The summed E-state index contributed by atoms with van der Waals surface area (Å²) in [6, 6.07) is 16.3. The Bertz CT molecular complexity index is 1370. The monoisotopic (exact) mass is 388 g/mol. The standard InChI is InChI=1S/C22H14FN3OS/c23-17-7-5-15(6-8-17)18-13-28-22-20(18)21(27)24-19(25-22)12-26-10-9-14-3-1-2-4-16(14)11-26/h1-11,13H,12H2/p+1. The predicted octanol–water partition coefficient (Wildman–Crippen LogP) is 4.28. The number of thiophene rings is 1. The Balaban J connectivity index is 1.54. The first-order chi connectivity index (χ1) is 13.7. The zero-order chi connectivity index (χ0) is 19.1. The lowest BCUT2D eigenvalue weighted by atomic mass is 10.1. The summed E-state index contributed by atoms with van der Waals surface area (Å²) in [6.45, 7) is 0.472. The van der Waals surface area contributed by atoms with Gasteiger partial charge in [-0.05, 0) is 29.1 Å². The van der Waals surface area contributed by atoms with Crippen LogP contribution in [0.1, 0.15) is 5.82 Å². The van der Waals surface area contributed by atoms with Crippen LogP contribution in [0, 0.1) is 5.82 Å². The Morgan fingerprint density at radius 3 is 2.64 bits per heavy atom. The zero-order valence-corrected chi connectivity index (χ0v) is 15.5. The van der Waals surface area contributed by atoms with Crippen LogP contribution in [-0.2, 0) is 6.54 Å². The number of halogens is 1. The van der Waals surface area contributed by atoms with Crippen molar-refractivity contribution < 1.29 is 8.96 Å². The van der Waals surface area contributed by atoms with Crippen LogP contribution in [0.2, 0.25) is 0 Å². The maximum atomic E-state index is 13.2. The highest BCUT2D eigenvalue weighted by molar-refractivity contribution is 7.17. The van der Waals surface area contributed by atoms with Crippen molar-refractivity contribution in [1.82, 2.24) is 9.97 Å². The first-order valence-corrected chi connectivity index (χ1v) is 9.69. The number of hydrogen-bond acceptors (Lipinski definition) is 3. The van der Waals surface area contributed by atoms with Crippen molar-refractivity contribution in [2.45, 2.75) is 6.54 Å². The van der Waals surface area contributed by atoms with Crippen LogP contribution >= 0.6 is 11.3 Å². The van der Waals surface area contributed by atoms with E-state index in [0.717, 1.165) is 21.9 Å². The average Bonchev–Trinajstić information content (AvgIpc) is 3.13. The molecule has 0 saturated heterocycles. The lowest BCUT2D eigenvalue weighted by molar-refractivity contribution is -0.688. The summed E-state index contributed by atoms with van der Waals surface area (Å²) < 4.78 is 15.2. The minimum absolute atomic E-state index is 0.179. The minimum atomic E-state index is -0.301. The quantitative estimate of drug-likeness (QED) is 0.469. The third-order valence-electron chi connectivity index (χ3n) is 4.73. The van der Waals surface area contributed by atoms with Gasteiger partial charge >= 0.3 is 0 Å². The van der Waals surface area contributed by atoms with E-state index < -0.39 is 0 Å². The highest BCUT2D eigenvalue weighted by Crippen LogP contribution is 2.30. The van der Waals surface area contributed by atoms with Crippen molar-refractivity contribution in [2.75, 3.05) is 0 Å². The van der Waals surface area contributed by atoms with Gasteiger partial charge in [0, 0.05) is 22.4 Å². The highest BCUT2D eigenvalue weighted by atomic mass is 32.1. The molecular weight excluding hydrogens is 373 g/mol. The van der Waals surface area contributed by atoms with Gasteiger partial charge in [0.25, 0.3) is 5.56 Å². The number of benzene rings is 2. The van der Waals surface area contributed by atoms with Crippen molar-refractivity contribution in [3.05, 3.63) is 94.4 Å². The second-order valence-electron chi connectivity index (χ2n) is 6.60. The number of fused-ring (bicyclic) bond motifs is 2. The molecule has 5 aromatic rings. The summed E-state index contributed by atoms with van der Waals surface area (Å²) in [7, 11) is 0. The van der Waals surface area contributed by atoms with Gasteiger partial charge in [-0.3, -0.25) is 4.79 Å². The van der Waals surface area contributed by atoms with Crippen molar-refractivity contribution >= 4 is 32.3 Å². The van der Waals surface area contributed by atoms with Gasteiger partial charge in [-0.25, -0.2) is 9.37 Å². The highest BCUT2D eigenvalue weighted by Gasteiger charge is 2.15. The van der Waals surface area contributed by atoms with E-state index in [1.165, 1.54) is 23.5 Å². The molecular formula is C22H15FN3OS+. The summed E-state index contributed by atoms with van der Waals surface area (Å²) >= 11 is 1.42. The Hall–Kier alpha value is -3.38.